The molecule has 1 N–H and O–H groups in total. The smallest absolute Gasteiger partial charge is 0.251 e. The fraction of sp³-hybridized carbons (Fsp3) is 0.150. The summed E-state index contributed by atoms with van der Waals surface area (Å²) in [6.45, 7) is 2.66. The van der Waals surface area contributed by atoms with Gasteiger partial charge in [0.15, 0.2) is 0 Å². The predicted octanol–water partition coefficient (Wildman–Crippen LogP) is 5.58. The lowest BCUT2D eigenvalue weighted by Crippen LogP contribution is -2.22. The van der Waals surface area contributed by atoms with E-state index in [2.05, 4.69) is 5.32 Å². The largest absolute Gasteiger partial charge is 0.492 e. The number of carbonyl (C=O) groups excluding carboxylic acids is 1. The molecule has 134 valence electrons. The Labute approximate surface area is 161 Å². The summed E-state index contributed by atoms with van der Waals surface area (Å²) in [7, 11) is 0. The maximum atomic E-state index is 12.3. The molecule has 4 nitrogen and oxygen atoms in total. The second-order valence-electron chi connectivity index (χ2n) is 5.53. The zero-order chi connectivity index (χ0) is 18.5. The molecule has 3 aromatic rings. The standard InChI is InChI=1S/C20H17Cl2NO3/c1-2-25-19-9-5-14(11-17(19)22)20(24)23-12-16-8-10-18(26-16)13-3-6-15(21)7-4-13/h3-11H,2,12H2,1H3,(H,23,24). The Morgan fingerprint density at radius 3 is 2.54 bits per heavy atom. The Kier molecular flexibility index (Phi) is 5.86. The molecule has 6 heteroatoms. The molecule has 1 amide bonds. The van der Waals surface area contributed by atoms with E-state index in [-0.39, 0.29) is 12.5 Å². The fourth-order valence-electron chi connectivity index (χ4n) is 2.43. The number of benzene rings is 2. The molecule has 26 heavy (non-hydrogen) atoms. The van der Waals surface area contributed by atoms with Crippen molar-refractivity contribution in [3.05, 3.63) is 76.0 Å². The van der Waals surface area contributed by atoms with E-state index >= 15 is 0 Å². The molecule has 0 aliphatic carbocycles. The number of ether oxygens (including phenoxy) is 1. The van der Waals surface area contributed by atoms with Crippen LogP contribution in [0.1, 0.15) is 23.0 Å². The minimum Gasteiger partial charge on any atom is -0.492 e. The van der Waals surface area contributed by atoms with Gasteiger partial charge in [-0.1, -0.05) is 23.2 Å². The highest BCUT2D eigenvalue weighted by Gasteiger charge is 2.11. The van der Waals surface area contributed by atoms with Gasteiger partial charge in [-0.2, -0.15) is 0 Å². The van der Waals surface area contributed by atoms with Gasteiger partial charge in [0.25, 0.3) is 5.91 Å². The second kappa shape index (κ2) is 8.30. The van der Waals surface area contributed by atoms with Gasteiger partial charge in [0.2, 0.25) is 0 Å². The first-order valence-corrected chi connectivity index (χ1v) is 8.87. The van der Waals surface area contributed by atoms with Crippen molar-refractivity contribution in [2.75, 3.05) is 6.61 Å². The van der Waals surface area contributed by atoms with Gasteiger partial charge >= 0.3 is 0 Å². The van der Waals surface area contributed by atoms with Crippen LogP contribution in [0.3, 0.4) is 0 Å². The molecular formula is C20H17Cl2NO3. The first kappa shape index (κ1) is 18.4. The SMILES string of the molecule is CCOc1ccc(C(=O)NCc2ccc(-c3ccc(Cl)cc3)o2)cc1Cl. The second-order valence-corrected chi connectivity index (χ2v) is 6.38. The Morgan fingerprint density at radius 1 is 1.08 bits per heavy atom. The minimum atomic E-state index is -0.237. The number of furan rings is 1. The number of hydrogen-bond donors (Lipinski definition) is 1. The van der Waals surface area contributed by atoms with Crippen LogP contribution in [0.15, 0.2) is 59.0 Å². The van der Waals surface area contributed by atoms with E-state index in [1.165, 1.54) is 0 Å². The number of halogens is 2. The lowest BCUT2D eigenvalue weighted by Gasteiger charge is -2.08. The number of rotatable bonds is 6. The molecule has 3 rings (SSSR count). The molecule has 0 saturated heterocycles. The Morgan fingerprint density at radius 2 is 1.85 bits per heavy atom. The molecule has 0 aliphatic rings. The van der Waals surface area contributed by atoms with Gasteiger partial charge in [-0.15, -0.1) is 0 Å². The third-order valence-electron chi connectivity index (χ3n) is 3.71. The van der Waals surface area contributed by atoms with E-state index in [0.717, 1.165) is 11.3 Å². The van der Waals surface area contributed by atoms with Crippen LogP contribution in [0.2, 0.25) is 10.0 Å². The normalized spacial score (nSPS) is 10.6. The summed E-state index contributed by atoms with van der Waals surface area (Å²) in [5, 5.41) is 3.89. The molecule has 0 aliphatic heterocycles. The van der Waals surface area contributed by atoms with Gasteiger partial charge in [-0.25, -0.2) is 0 Å². The monoisotopic (exact) mass is 389 g/mol. The van der Waals surface area contributed by atoms with Gasteiger partial charge in [-0.05, 0) is 61.5 Å². The summed E-state index contributed by atoms with van der Waals surface area (Å²) in [4.78, 5) is 12.3. The van der Waals surface area contributed by atoms with Gasteiger partial charge in [-0.3, -0.25) is 4.79 Å². The molecule has 1 heterocycles. The van der Waals surface area contributed by atoms with Crippen molar-refractivity contribution >= 4 is 29.1 Å². The first-order valence-electron chi connectivity index (χ1n) is 8.12. The van der Waals surface area contributed by atoms with Crippen molar-refractivity contribution in [1.82, 2.24) is 5.32 Å². The van der Waals surface area contributed by atoms with Crippen LogP contribution in [0.5, 0.6) is 5.75 Å². The van der Waals surface area contributed by atoms with E-state index in [4.69, 9.17) is 32.4 Å². The van der Waals surface area contributed by atoms with E-state index in [1.807, 2.05) is 31.2 Å². The van der Waals surface area contributed by atoms with Crippen molar-refractivity contribution in [3.63, 3.8) is 0 Å². The maximum absolute atomic E-state index is 12.3. The molecule has 0 atom stereocenters. The van der Waals surface area contributed by atoms with Crippen molar-refractivity contribution in [1.29, 1.82) is 0 Å². The van der Waals surface area contributed by atoms with Crippen LogP contribution < -0.4 is 10.1 Å². The maximum Gasteiger partial charge on any atom is 0.251 e. The first-order chi connectivity index (χ1) is 12.6. The highest BCUT2D eigenvalue weighted by molar-refractivity contribution is 6.32. The van der Waals surface area contributed by atoms with Crippen LogP contribution in [0.25, 0.3) is 11.3 Å². The summed E-state index contributed by atoms with van der Waals surface area (Å²) in [6, 6.07) is 16.0. The van der Waals surface area contributed by atoms with Gasteiger partial charge in [0.05, 0.1) is 18.2 Å². The molecular weight excluding hydrogens is 373 g/mol. The highest BCUT2D eigenvalue weighted by Crippen LogP contribution is 2.26. The Bertz CT molecular complexity index is 904. The van der Waals surface area contributed by atoms with Crippen LogP contribution in [0, 0.1) is 0 Å². The third-order valence-corrected chi connectivity index (χ3v) is 4.25. The van der Waals surface area contributed by atoms with Crippen LogP contribution >= 0.6 is 23.2 Å². The van der Waals surface area contributed by atoms with Crippen molar-refractivity contribution < 1.29 is 13.9 Å². The van der Waals surface area contributed by atoms with Gasteiger partial charge in [0.1, 0.15) is 17.3 Å². The summed E-state index contributed by atoms with van der Waals surface area (Å²) in [5.41, 5.74) is 1.38. The number of amides is 1. The zero-order valence-electron chi connectivity index (χ0n) is 14.1. The molecule has 0 unspecified atom stereocenters. The summed E-state index contributed by atoms with van der Waals surface area (Å²) in [5.74, 6) is 1.69. The average Bonchev–Trinajstić information content (AvgIpc) is 3.11. The molecule has 2 aromatic carbocycles. The molecule has 0 fully saturated rings. The predicted molar refractivity (Wildman–Crippen MR) is 103 cm³/mol. The third kappa shape index (κ3) is 4.40. The van der Waals surface area contributed by atoms with Crippen LogP contribution in [-0.2, 0) is 6.54 Å². The summed E-state index contributed by atoms with van der Waals surface area (Å²) >= 11 is 12.0. The fourth-order valence-corrected chi connectivity index (χ4v) is 2.79. The number of hydrogen-bond acceptors (Lipinski definition) is 3. The summed E-state index contributed by atoms with van der Waals surface area (Å²) in [6.07, 6.45) is 0. The zero-order valence-corrected chi connectivity index (χ0v) is 15.6. The van der Waals surface area contributed by atoms with Crippen molar-refractivity contribution in [2.24, 2.45) is 0 Å². The molecule has 0 bridgehead atoms. The van der Waals surface area contributed by atoms with Gasteiger partial charge in [0, 0.05) is 16.1 Å². The topological polar surface area (TPSA) is 51.5 Å². The molecule has 0 saturated carbocycles. The van der Waals surface area contributed by atoms with E-state index < -0.39 is 0 Å². The highest BCUT2D eigenvalue weighted by atomic mass is 35.5. The van der Waals surface area contributed by atoms with E-state index in [1.54, 1.807) is 30.3 Å². The number of nitrogens with one attached hydrogen (secondary N) is 1. The lowest BCUT2D eigenvalue weighted by atomic mass is 10.2. The Hall–Kier alpha value is -2.43. The molecule has 1 aromatic heterocycles. The van der Waals surface area contributed by atoms with Crippen LogP contribution in [0.4, 0.5) is 0 Å². The van der Waals surface area contributed by atoms with Gasteiger partial charge < -0.3 is 14.5 Å². The quantitative estimate of drug-likeness (QED) is 0.598. The minimum absolute atomic E-state index is 0.237. The van der Waals surface area contributed by atoms with Crippen LogP contribution in [-0.4, -0.2) is 12.5 Å². The van der Waals surface area contributed by atoms with Crippen molar-refractivity contribution in [3.8, 4) is 17.1 Å². The Balaban J connectivity index is 1.63. The van der Waals surface area contributed by atoms with E-state index in [0.29, 0.717) is 33.7 Å². The summed E-state index contributed by atoms with van der Waals surface area (Å²) < 4.78 is 11.1. The van der Waals surface area contributed by atoms with Crippen molar-refractivity contribution in [2.45, 2.75) is 13.5 Å². The molecule has 0 spiro atoms. The number of carbonyl (C=O) groups is 1. The molecule has 0 radical (unpaired) electrons. The average molecular weight is 390 g/mol. The van der Waals surface area contributed by atoms with E-state index in [9.17, 15) is 4.79 Å². The lowest BCUT2D eigenvalue weighted by molar-refractivity contribution is 0.0948.